The number of hydrogen-bond donors (Lipinski definition) is 3. The van der Waals surface area contributed by atoms with E-state index in [4.69, 9.17) is 10.8 Å². The van der Waals surface area contributed by atoms with Crippen LogP contribution in [0, 0.1) is 5.92 Å². The normalized spacial score (nSPS) is 15.9. The molecule has 0 spiro atoms. The average molecular weight is 160 g/mol. The zero-order chi connectivity index (χ0) is 8.85. The lowest BCUT2D eigenvalue weighted by molar-refractivity contribution is -0.139. The molecule has 0 saturated carbocycles. The molecule has 0 aliphatic heterocycles. The van der Waals surface area contributed by atoms with Gasteiger partial charge in [0.1, 0.15) is 6.04 Å². The van der Waals surface area contributed by atoms with Crippen LogP contribution < -0.4 is 11.1 Å². The van der Waals surface area contributed by atoms with Gasteiger partial charge in [-0.1, -0.05) is 13.3 Å². The molecule has 0 radical (unpaired) electrons. The molecule has 0 bridgehead atoms. The number of aliphatic carboxylic acids is 1. The van der Waals surface area contributed by atoms with E-state index in [2.05, 4.69) is 5.32 Å². The second-order valence-electron chi connectivity index (χ2n) is 2.59. The van der Waals surface area contributed by atoms with Gasteiger partial charge in [0, 0.05) is 0 Å². The van der Waals surface area contributed by atoms with Gasteiger partial charge in [-0.15, -0.1) is 0 Å². The summed E-state index contributed by atoms with van der Waals surface area (Å²) >= 11 is 0. The fourth-order valence-corrected chi connectivity index (χ4v) is 0.989. The van der Waals surface area contributed by atoms with Crippen LogP contribution in [0.4, 0.5) is 0 Å². The van der Waals surface area contributed by atoms with Gasteiger partial charge in [0.05, 0.1) is 0 Å². The number of carbonyl (C=O) groups is 1. The summed E-state index contributed by atoms with van der Waals surface area (Å²) in [6.07, 6.45) is 0.786. The Morgan fingerprint density at radius 3 is 2.55 bits per heavy atom. The van der Waals surface area contributed by atoms with Gasteiger partial charge in [0.2, 0.25) is 0 Å². The van der Waals surface area contributed by atoms with E-state index in [0.29, 0.717) is 6.54 Å². The summed E-state index contributed by atoms with van der Waals surface area (Å²) in [5.41, 5.74) is 5.42. The lowest BCUT2D eigenvalue weighted by Gasteiger charge is -2.17. The Labute approximate surface area is 66.8 Å². The predicted octanol–water partition coefficient (Wildman–Crippen LogP) is -0.356. The first kappa shape index (κ1) is 10.4. The minimum atomic E-state index is -0.924. The summed E-state index contributed by atoms with van der Waals surface area (Å²) in [5, 5.41) is 11.5. The molecule has 4 N–H and O–H groups in total. The lowest BCUT2D eigenvalue weighted by atomic mass is 9.98. The van der Waals surface area contributed by atoms with Gasteiger partial charge in [-0.2, -0.15) is 0 Å². The van der Waals surface area contributed by atoms with Crippen LogP contribution in [0.25, 0.3) is 0 Å². The van der Waals surface area contributed by atoms with Gasteiger partial charge >= 0.3 is 5.97 Å². The fourth-order valence-electron chi connectivity index (χ4n) is 0.989. The minimum absolute atomic E-state index is 0.0255. The molecular formula is C7H16N2O2. The van der Waals surface area contributed by atoms with E-state index in [-0.39, 0.29) is 5.92 Å². The van der Waals surface area contributed by atoms with Crippen molar-refractivity contribution in [2.45, 2.75) is 19.4 Å². The van der Waals surface area contributed by atoms with E-state index in [1.165, 1.54) is 0 Å². The van der Waals surface area contributed by atoms with Crippen LogP contribution in [-0.4, -0.2) is 30.7 Å². The van der Waals surface area contributed by atoms with Crippen LogP contribution in [0.3, 0.4) is 0 Å². The Bertz CT molecular complexity index is 128. The largest absolute Gasteiger partial charge is 0.480 e. The summed E-state index contributed by atoms with van der Waals surface area (Å²) in [7, 11) is 1.79. The maximum Gasteiger partial charge on any atom is 0.320 e. The van der Waals surface area contributed by atoms with Gasteiger partial charge in [-0.05, 0) is 19.5 Å². The van der Waals surface area contributed by atoms with Crippen molar-refractivity contribution in [3.05, 3.63) is 0 Å². The van der Waals surface area contributed by atoms with Crippen molar-refractivity contribution in [1.82, 2.24) is 5.32 Å². The molecule has 0 aromatic heterocycles. The molecule has 66 valence electrons. The second-order valence-corrected chi connectivity index (χ2v) is 2.59. The molecule has 0 aromatic rings. The lowest BCUT2D eigenvalue weighted by Crippen LogP contribution is -2.41. The molecule has 0 fully saturated rings. The van der Waals surface area contributed by atoms with Gasteiger partial charge in [-0.25, -0.2) is 0 Å². The molecule has 0 heterocycles. The highest BCUT2D eigenvalue weighted by Gasteiger charge is 2.21. The first-order valence-corrected chi connectivity index (χ1v) is 3.76. The number of rotatable bonds is 5. The van der Waals surface area contributed by atoms with Crippen LogP contribution in [0.15, 0.2) is 0 Å². The van der Waals surface area contributed by atoms with Crippen LogP contribution in [0.2, 0.25) is 0 Å². The highest BCUT2D eigenvalue weighted by molar-refractivity contribution is 5.73. The number of nitrogens with one attached hydrogen (secondary N) is 1. The van der Waals surface area contributed by atoms with E-state index in [0.717, 1.165) is 6.42 Å². The van der Waals surface area contributed by atoms with Gasteiger partial charge in [0.25, 0.3) is 0 Å². The zero-order valence-electron chi connectivity index (χ0n) is 7.00. The van der Waals surface area contributed by atoms with E-state index in [1.807, 2.05) is 6.92 Å². The Balaban J connectivity index is 3.91. The molecule has 0 aliphatic rings. The number of nitrogens with two attached hydrogens (primary N) is 1. The maximum absolute atomic E-state index is 10.4. The highest BCUT2D eigenvalue weighted by atomic mass is 16.4. The van der Waals surface area contributed by atoms with Crippen LogP contribution in [-0.2, 0) is 4.79 Å². The fraction of sp³-hybridized carbons (Fsp3) is 0.857. The van der Waals surface area contributed by atoms with Gasteiger partial charge < -0.3 is 16.2 Å². The Morgan fingerprint density at radius 1 is 1.73 bits per heavy atom. The van der Waals surface area contributed by atoms with Crippen molar-refractivity contribution in [2.24, 2.45) is 11.7 Å². The molecule has 4 nitrogen and oxygen atoms in total. The Hall–Kier alpha value is -0.610. The van der Waals surface area contributed by atoms with Crippen LogP contribution >= 0.6 is 0 Å². The molecule has 4 heteroatoms. The van der Waals surface area contributed by atoms with Crippen molar-refractivity contribution < 1.29 is 9.90 Å². The predicted molar refractivity (Wildman–Crippen MR) is 43.3 cm³/mol. The van der Waals surface area contributed by atoms with E-state index < -0.39 is 12.0 Å². The molecule has 11 heavy (non-hydrogen) atoms. The molecule has 2 atom stereocenters. The Morgan fingerprint density at radius 2 is 2.27 bits per heavy atom. The van der Waals surface area contributed by atoms with Crippen molar-refractivity contribution in [2.75, 3.05) is 13.6 Å². The van der Waals surface area contributed by atoms with Gasteiger partial charge in [-0.3, -0.25) is 4.79 Å². The third kappa shape index (κ3) is 3.34. The standard InChI is InChI=1S/C7H16N2O2/c1-3-5(4-9-2)6(8)7(10)11/h5-6,9H,3-4,8H2,1-2H3,(H,10,11). The molecule has 0 saturated heterocycles. The van der Waals surface area contributed by atoms with E-state index in [1.54, 1.807) is 7.05 Å². The summed E-state index contributed by atoms with van der Waals surface area (Å²) in [5.74, 6) is -0.899. The molecule has 0 aromatic carbocycles. The number of hydrogen-bond acceptors (Lipinski definition) is 3. The van der Waals surface area contributed by atoms with Crippen molar-refractivity contribution in [1.29, 1.82) is 0 Å². The summed E-state index contributed by atoms with van der Waals surface area (Å²) in [6.45, 7) is 2.59. The average Bonchev–Trinajstić information content (AvgIpc) is 1.98. The third-order valence-electron chi connectivity index (χ3n) is 1.78. The first-order valence-electron chi connectivity index (χ1n) is 3.76. The van der Waals surface area contributed by atoms with Gasteiger partial charge in [0.15, 0.2) is 0 Å². The van der Waals surface area contributed by atoms with Crippen molar-refractivity contribution in [3.63, 3.8) is 0 Å². The topological polar surface area (TPSA) is 75.3 Å². The number of carboxylic acids is 1. The monoisotopic (exact) mass is 160 g/mol. The molecule has 0 rings (SSSR count). The van der Waals surface area contributed by atoms with E-state index >= 15 is 0 Å². The number of carboxylic acid groups (broad SMARTS) is 1. The summed E-state index contributed by atoms with van der Waals surface area (Å²) in [4.78, 5) is 10.4. The van der Waals surface area contributed by atoms with Crippen LogP contribution in [0.1, 0.15) is 13.3 Å². The summed E-state index contributed by atoms with van der Waals surface area (Å²) < 4.78 is 0. The van der Waals surface area contributed by atoms with Crippen molar-refractivity contribution >= 4 is 5.97 Å². The minimum Gasteiger partial charge on any atom is -0.480 e. The molecule has 2 unspecified atom stereocenters. The molecule has 0 aliphatic carbocycles. The highest BCUT2D eigenvalue weighted by Crippen LogP contribution is 2.05. The zero-order valence-corrected chi connectivity index (χ0v) is 7.00. The van der Waals surface area contributed by atoms with Crippen molar-refractivity contribution in [3.8, 4) is 0 Å². The van der Waals surface area contributed by atoms with Crippen LogP contribution in [0.5, 0.6) is 0 Å². The molecular weight excluding hydrogens is 144 g/mol. The first-order chi connectivity index (χ1) is 5.13. The summed E-state index contributed by atoms with van der Waals surface area (Å²) in [6, 6.07) is -0.743. The smallest absolute Gasteiger partial charge is 0.320 e. The molecule has 0 amide bonds. The SMILES string of the molecule is CCC(CNC)C(N)C(=O)O. The second kappa shape index (κ2) is 5.09. The third-order valence-corrected chi connectivity index (χ3v) is 1.78. The maximum atomic E-state index is 10.4. The van der Waals surface area contributed by atoms with E-state index in [9.17, 15) is 4.79 Å². The Kier molecular flexibility index (Phi) is 4.81. The quantitative estimate of drug-likeness (QED) is 0.513.